The van der Waals surface area contributed by atoms with Crippen LogP contribution in [-0.2, 0) is 21.3 Å². The maximum atomic E-state index is 11.6. The third-order valence-electron chi connectivity index (χ3n) is 3.14. The third-order valence-corrected chi connectivity index (χ3v) is 7.97. The molecule has 0 aromatic rings. The van der Waals surface area contributed by atoms with E-state index in [1.54, 1.807) is 6.92 Å². The molecule has 0 aliphatic heterocycles. The van der Waals surface area contributed by atoms with Crippen LogP contribution in [0.4, 0.5) is 0 Å². The number of hydrogen-bond donors (Lipinski definition) is 1. The molecule has 0 atom stereocenters. The lowest BCUT2D eigenvalue weighted by atomic mass is 10.5. The fourth-order valence-electron chi connectivity index (χ4n) is 2.15. The number of ether oxygens (including phenoxy) is 1. The summed E-state index contributed by atoms with van der Waals surface area (Å²) in [6.45, 7) is 20.2. The predicted octanol–water partition coefficient (Wildman–Crippen LogP) is 2.75. The summed E-state index contributed by atoms with van der Waals surface area (Å²) in [5.74, 6) is -0.281. The molecular formula is C17H30N3O2PS. The van der Waals surface area contributed by atoms with Crippen molar-refractivity contribution < 1.29 is 9.53 Å². The minimum absolute atomic E-state index is 0.137. The Morgan fingerprint density at radius 1 is 1.04 bits per heavy atom. The summed E-state index contributed by atoms with van der Waals surface area (Å²) in [6.07, 6.45) is 5.64. The Hall–Kier alpha value is -1.04. The molecule has 0 saturated carbocycles. The molecule has 7 heteroatoms. The summed E-state index contributed by atoms with van der Waals surface area (Å²) in [7, 11) is 0. The lowest BCUT2D eigenvalue weighted by Gasteiger charge is -2.41. The van der Waals surface area contributed by atoms with Crippen LogP contribution in [0.25, 0.3) is 0 Å². The number of hydrogen-bond acceptors (Lipinski definition) is 4. The molecule has 0 radical (unpaired) electrons. The highest BCUT2D eigenvalue weighted by Gasteiger charge is 2.30. The molecule has 0 bridgehead atoms. The summed E-state index contributed by atoms with van der Waals surface area (Å²) >= 11 is 6.08. The van der Waals surface area contributed by atoms with Crippen molar-refractivity contribution in [2.45, 2.75) is 6.92 Å². The van der Waals surface area contributed by atoms with Gasteiger partial charge >= 0.3 is 5.97 Å². The van der Waals surface area contributed by atoms with E-state index < -0.39 is 6.34 Å². The lowest BCUT2D eigenvalue weighted by Crippen LogP contribution is -2.38. The van der Waals surface area contributed by atoms with Crippen molar-refractivity contribution in [2.75, 3.05) is 45.6 Å². The molecule has 0 spiro atoms. The molecule has 0 aliphatic carbocycles. The summed E-state index contributed by atoms with van der Waals surface area (Å²) in [5.41, 5.74) is 0. The summed E-state index contributed by atoms with van der Waals surface area (Å²) < 4.78 is 9.30. The zero-order valence-electron chi connectivity index (χ0n) is 14.7. The predicted molar refractivity (Wildman–Crippen MR) is 108 cm³/mol. The average molecular weight is 371 g/mol. The van der Waals surface area contributed by atoms with E-state index >= 15 is 0 Å². The first-order chi connectivity index (χ1) is 11.5. The first-order valence-corrected chi connectivity index (χ1v) is 10.8. The highest BCUT2D eigenvalue weighted by molar-refractivity contribution is 8.12. The van der Waals surface area contributed by atoms with Crippen LogP contribution in [0.15, 0.2) is 50.6 Å². The second kappa shape index (κ2) is 13.3. The molecule has 0 heterocycles. The lowest BCUT2D eigenvalue weighted by molar-refractivity contribution is -0.141. The molecule has 0 amide bonds. The standard InChI is InChI=1S/C17H30N3O2PS/c1-6-11-19(12-7-2)23(24,20(13-8-3)14-9-4)16-18-15-17(21)22-10-5/h6-9,18H,1-4,10-16H2,5H3. The van der Waals surface area contributed by atoms with Crippen LogP contribution < -0.4 is 5.32 Å². The molecule has 0 aromatic heterocycles. The topological polar surface area (TPSA) is 44.8 Å². The number of carbonyl (C=O) groups is 1. The first-order valence-electron chi connectivity index (χ1n) is 7.89. The molecule has 0 saturated heterocycles. The van der Waals surface area contributed by atoms with Gasteiger partial charge < -0.3 is 4.74 Å². The van der Waals surface area contributed by atoms with E-state index in [-0.39, 0.29) is 12.5 Å². The molecule has 0 aromatic carbocycles. The van der Waals surface area contributed by atoms with Crippen molar-refractivity contribution in [3.63, 3.8) is 0 Å². The van der Waals surface area contributed by atoms with Crippen LogP contribution in [0.5, 0.6) is 0 Å². The van der Waals surface area contributed by atoms with Crippen molar-refractivity contribution >= 4 is 24.1 Å². The Kier molecular flexibility index (Phi) is 12.7. The molecule has 0 rings (SSSR count). The Morgan fingerprint density at radius 2 is 1.46 bits per heavy atom. The van der Waals surface area contributed by atoms with E-state index in [4.69, 9.17) is 16.5 Å². The van der Waals surface area contributed by atoms with Gasteiger partial charge in [-0.1, -0.05) is 36.1 Å². The van der Waals surface area contributed by atoms with Crippen LogP contribution in [-0.4, -0.2) is 60.9 Å². The molecule has 24 heavy (non-hydrogen) atoms. The van der Waals surface area contributed by atoms with Gasteiger partial charge in [-0.25, -0.2) is 0 Å². The molecule has 0 aliphatic rings. The molecule has 0 fully saturated rings. The molecule has 1 N–H and O–H groups in total. The van der Waals surface area contributed by atoms with Gasteiger partial charge in [0.15, 0.2) is 0 Å². The van der Waals surface area contributed by atoms with Crippen molar-refractivity contribution in [2.24, 2.45) is 0 Å². The number of nitrogens with one attached hydrogen (secondary N) is 1. The highest BCUT2D eigenvalue weighted by Crippen LogP contribution is 2.52. The smallest absolute Gasteiger partial charge is 0.319 e. The van der Waals surface area contributed by atoms with Gasteiger partial charge in [-0.2, -0.15) is 0 Å². The van der Waals surface area contributed by atoms with Crippen LogP contribution in [0.1, 0.15) is 6.92 Å². The van der Waals surface area contributed by atoms with E-state index in [1.165, 1.54) is 0 Å². The van der Waals surface area contributed by atoms with Gasteiger partial charge in [0, 0.05) is 26.2 Å². The quantitative estimate of drug-likeness (QED) is 0.271. The highest BCUT2D eigenvalue weighted by atomic mass is 32.4. The monoisotopic (exact) mass is 371 g/mol. The SMILES string of the molecule is C=CCN(CC=C)P(=S)(CNCC(=O)OCC)N(CC=C)CC=C. The Bertz CT molecular complexity index is 434. The summed E-state index contributed by atoms with van der Waals surface area (Å²) in [5, 5.41) is 3.16. The van der Waals surface area contributed by atoms with Gasteiger partial charge in [0.1, 0.15) is 0 Å². The van der Waals surface area contributed by atoms with E-state index in [0.717, 1.165) is 0 Å². The molecule has 5 nitrogen and oxygen atoms in total. The fourth-order valence-corrected chi connectivity index (χ4v) is 5.87. The summed E-state index contributed by atoms with van der Waals surface area (Å²) in [6, 6.07) is 0. The molecule has 136 valence electrons. The van der Waals surface area contributed by atoms with Gasteiger partial charge in [-0.15, -0.1) is 26.3 Å². The largest absolute Gasteiger partial charge is 0.465 e. The number of nitrogens with zero attached hydrogens (tertiary/aromatic N) is 2. The minimum atomic E-state index is -2.18. The zero-order chi connectivity index (χ0) is 18.4. The van der Waals surface area contributed by atoms with Gasteiger partial charge in [-0.3, -0.25) is 19.5 Å². The van der Waals surface area contributed by atoms with Gasteiger partial charge in [0.25, 0.3) is 0 Å². The van der Waals surface area contributed by atoms with E-state index in [2.05, 4.69) is 41.0 Å². The third kappa shape index (κ3) is 7.69. The first kappa shape index (κ1) is 23.0. The van der Waals surface area contributed by atoms with Crippen molar-refractivity contribution in [3.8, 4) is 0 Å². The maximum Gasteiger partial charge on any atom is 0.319 e. The van der Waals surface area contributed by atoms with E-state index in [9.17, 15) is 4.79 Å². The second-order valence-corrected chi connectivity index (χ2v) is 9.48. The number of carbonyl (C=O) groups excluding carboxylic acids is 1. The normalized spacial score (nSPS) is 11.3. The van der Waals surface area contributed by atoms with E-state index in [0.29, 0.717) is 39.1 Å². The zero-order valence-corrected chi connectivity index (χ0v) is 16.4. The van der Waals surface area contributed by atoms with Crippen LogP contribution >= 0.6 is 6.34 Å². The van der Waals surface area contributed by atoms with Gasteiger partial charge in [-0.05, 0) is 6.92 Å². The fraction of sp³-hybridized carbons (Fsp3) is 0.471. The van der Waals surface area contributed by atoms with Crippen molar-refractivity contribution in [1.82, 2.24) is 14.7 Å². The average Bonchev–Trinajstić information content (AvgIpc) is 2.54. The van der Waals surface area contributed by atoms with Crippen LogP contribution in [0.3, 0.4) is 0 Å². The van der Waals surface area contributed by atoms with Crippen LogP contribution in [0.2, 0.25) is 0 Å². The van der Waals surface area contributed by atoms with E-state index in [1.807, 2.05) is 24.3 Å². The number of rotatable bonds is 15. The minimum Gasteiger partial charge on any atom is -0.465 e. The second-order valence-electron chi connectivity index (χ2n) is 4.95. The van der Waals surface area contributed by atoms with Crippen molar-refractivity contribution in [3.05, 3.63) is 50.6 Å². The van der Waals surface area contributed by atoms with Gasteiger partial charge in [0.05, 0.1) is 25.8 Å². The summed E-state index contributed by atoms with van der Waals surface area (Å²) in [4.78, 5) is 11.6. The Labute approximate surface area is 151 Å². The molecule has 0 unspecified atom stereocenters. The maximum absolute atomic E-state index is 11.6. The van der Waals surface area contributed by atoms with Crippen molar-refractivity contribution in [1.29, 1.82) is 0 Å². The Morgan fingerprint density at radius 3 is 1.79 bits per heavy atom. The molecular weight excluding hydrogens is 341 g/mol. The number of esters is 1. The van der Waals surface area contributed by atoms with Gasteiger partial charge in [0.2, 0.25) is 0 Å². The van der Waals surface area contributed by atoms with Crippen LogP contribution in [0, 0.1) is 0 Å². The Balaban J connectivity index is 5.35.